The summed E-state index contributed by atoms with van der Waals surface area (Å²) in [7, 11) is -3.26. The third kappa shape index (κ3) is 3.66. The van der Waals surface area contributed by atoms with Crippen molar-refractivity contribution in [1.29, 1.82) is 0 Å². The highest BCUT2D eigenvalue weighted by Crippen LogP contribution is 2.39. The van der Waals surface area contributed by atoms with Crippen LogP contribution in [0.4, 0.5) is 4.39 Å². The summed E-state index contributed by atoms with van der Waals surface area (Å²) in [4.78, 5) is 0.263. The van der Waals surface area contributed by atoms with Crippen molar-refractivity contribution in [2.75, 3.05) is 13.0 Å². The number of benzene rings is 3. The first kappa shape index (κ1) is 17.5. The van der Waals surface area contributed by atoms with Crippen molar-refractivity contribution >= 4 is 9.84 Å². The second-order valence-corrected chi connectivity index (χ2v) is 8.48. The van der Waals surface area contributed by atoms with E-state index in [2.05, 4.69) is 0 Å². The number of sulfone groups is 1. The van der Waals surface area contributed by atoms with E-state index in [9.17, 15) is 12.8 Å². The van der Waals surface area contributed by atoms with Crippen molar-refractivity contribution in [3.8, 4) is 22.6 Å². The number of rotatable bonds is 4. The van der Waals surface area contributed by atoms with Crippen LogP contribution in [-0.4, -0.2) is 21.5 Å². The van der Waals surface area contributed by atoms with Crippen LogP contribution in [0.15, 0.2) is 65.6 Å². The summed E-state index contributed by atoms with van der Waals surface area (Å²) in [5.41, 5.74) is 3.52. The molecule has 0 aliphatic carbocycles. The standard InChI is InChI=1S/C21H17FO4S/c1-27(23,24)18-7-5-15(6-8-18)19-12-21-20(25-13-26-21)11-16(19)9-14-3-2-4-17(22)10-14/h2-8,10-12H,9,13H2,1H3. The van der Waals surface area contributed by atoms with E-state index in [1.807, 2.05) is 18.2 Å². The summed E-state index contributed by atoms with van der Waals surface area (Å²) in [6, 6.07) is 16.9. The molecule has 3 aromatic rings. The van der Waals surface area contributed by atoms with Crippen LogP contribution >= 0.6 is 0 Å². The van der Waals surface area contributed by atoms with Gasteiger partial charge in [0.2, 0.25) is 6.79 Å². The number of fused-ring (bicyclic) bond motifs is 1. The number of hydrogen-bond acceptors (Lipinski definition) is 4. The van der Waals surface area contributed by atoms with Crippen LogP contribution in [0.2, 0.25) is 0 Å². The zero-order valence-electron chi connectivity index (χ0n) is 14.6. The molecule has 0 bridgehead atoms. The third-order valence-corrected chi connectivity index (χ3v) is 5.60. The molecular weight excluding hydrogens is 367 g/mol. The molecule has 0 amide bonds. The Labute approximate surface area is 157 Å². The van der Waals surface area contributed by atoms with E-state index in [-0.39, 0.29) is 17.5 Å². The lowest BCUT2D eigenvalue weighted by atomic mass is 9.94. The van der Waals surface area contributed by atoms with E-state index < -0.39 is 9.84 Å². The molecule has 6 heteroatoms. The summed E-state index contributed by atoms with van der Waals surface area (Å²) in [5, 5.41) is 0. The van der Waals surface area contributed by atoms with Crippen molar-refractivity contribution in [2.24, 2.45) is 0 Å². The molecule has 0 atom stereocenters. The van der Waals surface area contributed by atoms with Crippen molar-refractivity contribution in [2.45, 2.75) is 11.3 Å². The van der Waals surface area contributed by atoms with Gasteiger partial charge in [0.25, 0.3) is 0 Å². The number of ether oxygens (including phenoxy) is 2. The Morgan fingerprint density at radius 3 is 2.33 bits per heavy atom. The monoisotopic (exact) mass is 384 g/mol. The van der Waals surface area contributed by atoms with Gasteiger partial charge in [0.15, 0.2) is 21.3 Å². The highest BCUT2D eigenvalue weighted by Gasteiger charge is 2.19. The molecule has 0 aromatic heterocycles. The van der Waals surface area contributed by atoms with Gasteiger partial charge in [0.05, 0.1) is 4.90 Å². The molecular formula is C21H17FO4S. The topological polar surface area (TPSA) is 52.6 Å². The van der Waals surface area contributed by atoms with Crippen LogP contribution in [-0.2, 0) is 16.3 Å². The van der Waals surface area contributed by atoms with Gasteiger partial charge in [-0.25, -0.2) is 12.8 Å². The molecule has 0 fully saturated rings. The predicted molar refractivity (Wildman–Crippen MR) is 100 cm³/mol. The van der Waals surface area contributed by atoms with Crippen LogP contribution in [0, 0.1) is 5.82 Å². The van der Waals surface area contributed by atoms with Crippen molar-refractivity contribution in [3.05, 3.63) is 77.6 Å². The van der Waals surface area contributed by atoms with E-state index in [1.54, 1.807) is 30.3 Å². The van der Waals surface area contributed by atoms with Gasteiger partial charge in [-0.15, -0.1) is 0 Å². The highest BCUT2D eigenvalue weighted by molar-refractivity contribution is 7.90. The van der Waals surface area contributed by atoms with Gasteiger partial charge in [0.1, 0.15) is 5.82 Å². The lowest BCUT2D eigenvalue weighted by Gasteiger charge is -2.12. The van der Waals surface area contributed by atoms with Crippen LogP contribution in [0.1, 0.15) is 11.1 Å². The van der Waals surface area contributed by atoms with Crippen molar-refractivity contribution < 1.29 is 22.3 Å². The fourth-order valence-electron chi connectivity index (χ4n) is 3.15. The summed E-state index contributed by atoms with van der Waals surface area (Å²) in [6.45, 7) is 0.158. The van der Waals surface area contributed by atoms with E-state index in [0.29, 0.717) is 17.9 Å². The Morgan fingerprint density at radius 1 is 0.963 bits per heavy atom. The molecule has 27 heavy (non-hydrogen) atoms. The molecule has 0 saturated heterocycles. The van der Waals surface area contributed by atoms with E-state index in [0.717, 1.165) is 22.3 Å². The number of halogens is 1. The van der Waals surface area contributed by atoms with Gasteiger partial charge in [-0.2, -0.15) is 0 Å². The van der Waals surface area contributed by atoms with Crippen LogP contribution in [0.5, 0.6) is 11.5 Å². The molecule has 1 aliphatic rings. The lowest BCUT2D eigenvalue weighted by Crippen LogP contribution is -1.97. The van der Waals surface area contributed by atoms with Gasteiger partial charge >= 0.3 is 0 Å². The predicted octanol–water partition coefficient (Wildman–Crippen LogP) is 4.22. The normalized spacial score (nSPS) is 13.0. The minimum absolute atomic E-state index is 0.158. The van der Waals surface area contributed by atoms with E-state index >= 15 is 0 Å². The average Bonchev–Trinajstić information content (AvgIpc) is 3.08. The second-order valence-electron chi connectivity index (χ2n) is 6.47. The molecule has 1 aliphatic heterocycles. The van der Waals surface area contributed by atoms with Crippen molar-refractivity contribution in [1.82, 2.24) is 0 Å². The highest BCUT2D eigenvalue weighted by atomic mass is 32.2. The molecule has 0 N–H and O–H groups in total. The van der Waals surface area contributed by atoms with Crippen molar-refractivity contribution in [3.63, 3.8) is 0 Å². The number of hydrogen-bond donors (Lipinski definition) is 0. The fourth-order valence-corrected chi connectivity index (χ4v) is 3.78. The van der Waals surface area contributed by atoms with Gasteiger partial charge in [-0.05, 0) is 65.1 Å². The summed E-state index contributed by atoms with van der Waals surface area (Å²) < 4.78 is 47.9. The zero-order chi connectivity index (χ0) is 19.0. The molecule has 0 radical (unpaired) electrons. The first-order chi connectivity index (χ1) is 12.9. The minimum Gasteiger partial charge on any atom is -0.454 e. The lowest BCUT2D eigenvalue weighted by molar-refractivity contribution is 0.174. The second kappa shape index (κ2) is 6.70. The quantitative estimate of drug-likeness (QED) is 0.676. The average molecular weight is 384 g/mol. The van der Waals surface area contributed by atoms with Gasteiger partial charge in [-0.3, -0.25) is 0 Å². The molecule has 0 spiro atoms. The molecule has 0 saturated carbocycles. The SMILES string of the molecule is CS(=O)(=O)c1ccc(-c2cc3c(cc2Cc2cccc(F)c2)OCO3)cc1. The van der Waals surface area contributed by atoms with Crippen LogP contribution in [0.25, 0.3) is 11.1 Å². The van der Waals surface area contributed by atoms with Gasteiger partial charge in [-0.1, -0.05) is 24.3 Å². The largest absolute Gasteiger partial charge is 0.454 e. The first-order valence-corrected chi connectivity index (χ1v) is 10.3. The molecule has 0 unspecified atom stereocenters. The van der Waals surface area contributed by atoms with Crippen LogP contribution < -0.4 is 9.47 Å². The maximum Gasteiger partial charge on any atom is 0.231 e. The van der Waals surface area contributed by atoms with E-state index in [4.69, 9.17) is 9.47 Å². The minimum atomic E-state index is -3.26. The Hall–Kier alpha value is -2.86. The zero-order valence-corrected chi connectivity index (χ0v) is 15.4. The molecule has 4 nitrogen and oxygen atoms in total. The third-order valence-electron chi connectivity index (χ3n) is 4.48. The fraction of sp³-hybridized carbons (Fsp3) is 0.143. The Balaban J connectivity index is 1.79. The maximum atomic E-state index is 13.6. The Bertz CT molecular complexity index is 1110. The molecule has 1 heterocycles. The summed E-state index contributed by atoms with van der Waals surface area (Å²) in [6.07, 6.45) is 1.69. The van der Waals surface area contributed by atoms with Crippen LogP contribution in [0.3, 0.4) is 0 Å². The van der Waals surface area contributed by atoms with E-state index in [1.165, 1.54) is 18.4 Å². The molecule has 138 valence electrons. The maximum absolute atomic E-state index is 13.6. The summed E-state index contributed by atoms with van der Waals surface area (Å²) >= 11 is 0. The Kier molecular flexibility index (Phi) is 4.36. The van der Waals surface area contributed by atoms with Gasteiger partial charge in [0, 0.05) is 6.26 Å². The summed E-state index contributed by atoms with van der Waals surface area (Å²) in [5.74, 6) is 1.00. The Morgan fingerprint density at radius 2 is 1.67 bits per heavy atom. The first-order valence-electron chi connectivity index (χ1n) is 8.37. The smallest absolute Gasteiger partial charge is 0.231 e. The van der Waals surface area contributed by atoms with Gasteiger partial charge < -0.3 is 9.47 Å². The molecule has 3 aromatic carbocycles. The molecule has 4 rings (SSSR count).